The van der Waals surface area contributed by atoms with Gasteiger partial charge in [-0.15, -0.1) is 0 Å². The molecule has 2 nitrogen and oxygen atoms in total. The van der Waals surface area contributed by atoms with E-state index in [9.17, 15) is 4.21 Å². The normalized spacial score (nSPS) is 31.0. The summed E-state index contributed by atoms with van der Waals surface area (Å²) in [5, 5.41) is 0. The van der Waals surface area contributed by atoms with Crippen LogP contribution in [0.15, 0.2) is 11.8 Å². The molecular weight excluding hydrogens is 208 g/mol. The molecule has 0 aromatic heterocycles. The first-order valence-corrected chi connectivity index (χ1v) is 7.06. The maximum atomic E-state index is 12.0. The number of allylic oxidation sites excluding steroid dienone is 1. The summed E-state index contributed by atoms with van der Waals surface area (Å²) in [6, 6.07) is 0. The van der Waals surface area contributed by atoms with Gasteiger partial charge in [-0.05, 0) is 38.7 Å². The highest BCUT2D eigenvalue weighted by Crippen LogP contribution is 2.31. The van der Waals surface area contributed by atoms with E-state index in [1.54, 1.807) is 6.26 Å². The van der Waals surface area contributed by atoms with Crippen LogP contribution in [0.5, 0.6) is 0 Å². The minimum Gasteiger partial charge on any atom is -0.500 e. The number of hydrogen-bond donors (Lipinski definition) is 0. The predicted molar refractivity (Wildman–Crippen MR) is 65.3 cm³/mol. The summed E-state index contributed by atoms with van der Waals surface area (Å²) in [5.74, 6) is 0.853. The molecule has 1 aliphatic rings. The average Bonchev–Trinajstić information content (AvgIpc) is 2.21. The molecule has 0 aromatic rings. The van der Waals surface area contributed by atoms with Gasteiger partial charge in [0.05, 0.1) is 11.0 Å². The van der Waals surface area contributed by atoms with Gasteiger partial charge in [0.2, 0.25) is 0 Å². The van der Waals surface area contributed by atoms with Crippen LogP contribution in [0.25, 0.3) is 0 Å². The topological polar surface area (TPSA) is 26.3 Å². The third-order valence-electron chi connectivity index (χ3n) is 3.00. The molecule has 0 N–H and O–H groups in total. The third kappa shape index (κ3) is 3.33. The molecule has 1 saturated heterocycles. The zero-order valence-electron chi connectivity index (χ0n) is 10.0. The van der Waals surface area contributed by atoms with Gasteiger partial charge >= 0.3 is 0 Å². The standard InChI is InChI=1S/C12H22O2S/c1-4-12(10-14-9-11(2)3)7-5-6-8-15(12)13/h9H,4-8,10H2,1-3H3. The van der Waals surface area contributed by atoms with Gasteiger partial charge in [0.25, 0.3) is 0 Å². The first kappa shape index (κ1) is 12.8. The van der Waals surface area contributed by atoms with Crippen LogP contribution < -0.4 is 0 Å². The van der Waals surface area contributed by atoms with E-state index in [0.717, 1.165) is 30.6 Å². The lowest BCUT2D eigenvalue weighted by atomic mass is 9.98. The summed E-state index contributed by atoms with van der Waals surface area (Å²) >= 11 is 0. The Balaban J connectivity index is 2.59. The van der Waals surface area contributed by atoms with Crippen molar-refractivity contribution in [1.29, 1.82) is 0 Å². The molecule has 0 aromatic carbocycles. The Hall–Kier alpha value is -0.310. The van der Waals surface area contributed by atoms with E-state index in [0.29, 0.717) is 6.61 Å². The second-order valence-electron chi connectivity index (χ2n) is 4.55. The summed E-state index contributed by atoms with van der Waals surface area (Å²) < 4.78 is 17.5. The van der Waals surface area contributed by atoms with Crippen molar-refractivity contribution in [2.45, 2.75) is 51.2 Å². The van der Waals surface area contributed by atoms with Gasteiger partial charge in [0, 0.05) is 16.6 Å². The lowest BCUT2D eigenvalue weighted by Gasteiger charge is -2.34. The van der Waals surface area contributed by atoms with Gasteiger partial charge in [0.1, 0.15) is 6.61 Å². The van der Waals surface area contributed by atoms with E-state index < -0.39 is 10.8 Å². The van der Waals surface area contributed by atoms with Crippen molar-refractivity contribution >= 4 is 10.8 Å². The van der Waals surface area contributed by atoms with Gasteiger partial charge < -0.3 is 4.74 Å². The van der Waals surface area contributed by atoms with Gasteiger partial charge in [-0.25, -0.2) is 0 Å². The van der Waals surface area contributed by atoms with Crippen LogP contribution in [0.1, 0.15) is 46.5 Å². The Kier molecular flexibility index (Phi) is 4.84. The molecule has 0 radical (unpaired) electrons. The minimum atomic E-state index is -0.706. The Morgan fingerprint density at radius 3 is 2.73 bits per heavy atom. The molecule has 3 heteroatoms. The van der Waals surface area contributed by atoms with Crippen molar-refractivity contribution in [2.75, 3.05) is 12.4 Å². The van der Waals surface area contributed by atoms with Crippen LogP contribution in [0.3, 0.4) is 0 Å². The summed E-state index contributed by atoms with van der Waals surface area (Å²) in [6.07, 6.45) is 6.08. The molecular formula is C12H22O2S. The zero-order chi connectivity index (χ0) is 11.3. The van der Waals surface area contributed by atoms with E-state index in [2.05, 4.69) is 6.92 Å². The third-order valence-corrected chi connectivity index (χ3v) is 5.24. The molecule has 0 spiro atoms. The monoisotopic (exact) mass is 230 g/mol. The van der Waals surface area contributed by atoms with Crippen molar-refractivity contribution in [2.24, 2.45) is 0 Å². The smallest absolute Gasteiger partial charge is 0.104 e. The summed E-state index contributed by atoms with van der Waals surface area (Å²) in [7, 11) is -0.706. The maximum Gasteiger partial charge on any atom is 0.104 e. The molecule has 1 rings (SSSR count). The predicted octanol–water partition coefficient (Wildman–Crippen LogP) is 3.01. The molecule has 2 unspecified atom stereocenters. The number of ether oxygens (including phenoxy) is 1. The van der Waals surface area contributed by atoms with Crippen LogP contribution >= 0.6 is 0 Å². The van der Waals surface area contributed by atoms with Crippen LogP contribution in [0.4, 0.5) is 0 Å². The molecule has 88 valence electrons. The SMILES string of the molecule is CCC1(COC=C(C)C)CCCCS1=O. The fourth-order valence-electron chi connectivity index (χ4n) is 1.95. The Bertz CT molecular complexity index is 256. The van der Waals surface area contributed by atoms with Crippen LogP contribution in [0, 0.1) is 0 Å². The van der Waals surface area contributed by atoms with Crippen LogP contribution in [-0.2, 0) is 15.5 Å². The van der Waals surface area contributed by atoms with Gasteiger partial charge in [-0.2, -0.15) is 0 Å². The molecule has 0 bridgehead atoms. The summed E-state index contributed by atoms with van der Waals surface area (Å²) in [4.78, 5) is 0. The Morgan fingerprint density at radius 2 is 2.20 bits per heavy atom. The molecule has 1 aliphatic heterocycles. The Morgan fingerprint density at radius 1 is 1.47 bits per heavy atom. The highest BCUT2D eigenvalue weighted by atomic mass is 32.2. The highest BCUT2D eigenvalue weighted by molar-refractivity contribution is 7.86. The first-order chi connectivity index (χ1) is 7.10. The molecule has 0 amide bonds. The second kappa shape index (κ2) is 5.69. The lowest BCUT2D eigenvalue weighted by Crippen LogP contribution is -2.42. The molecule has 1 fully saturated rings. The van der Waals surface area contributed by atoms with Crippen LogP contribution in [0.2, 0.25) is 0 Å². The van der Waals surface area contributed by atoms with E-state index in [1.807, 2.05) is 13.8 Å². The molecule has 15 heavy (non-hydrogen) atoms. The summed E-state index contributed by atoms with van der Waals surface area (Å²) in [5.41, 5.74) is 1.16. The maximum absolute atomic E-state index is 12.0. The van der Waals surface area contributed by atoms with E-state index >= 15 is 0 Å². The van der Waals surface area contributed by atoms with Gasteiger partial charge in [-0.3, -0.25) is 4.21 Å². The van der Waals surface area contributed by atoms with Crippen molar-refractivity contribution in [3.05, 3.63) is 11.8 Å². The van der Waals surface area contributed by atoms with Gasteiger partial charge in [0.15, 0.2) is 0 Å². The van der Waals surface area contributed by atoms with E-state index in [-0.39, 0.29) is 4.75 Å². The van der Waals surface area contributed by atoms with Crippen molar-refractivity contribution in [1.82, 2.24) is 0 Å². The fourth-order valence-corrected chi connectivity index (χ4v) is 3.74. The quantitative estimate of drug-likeness (QED) is 0.694. The van der Waals surface area contributed by atoms with Gasteiger partial charge in [-0.1, -0.05) is 13.3 Å². The molecule has 1 heterocycles. The molecule has 0 saturated carbocycles. The first-order valence-electron chi connectivity index (χ1n) is 5.74. The highest BCUT2D eigenvalue weighted by Gasteiger charge is 2.37. The van der Waals surface area contributed by atoms with Crippen LogP contribution in [-0.4, -0.2) is 21.3 Å². The second-order valence-corrected chi connectivity index (χ2v) is 6.51. The van der Waals surface area contributed by atoms with E-state index in [4.69, 9.17) is 4.74 Å². The molecule has 2 atom stereocenters. The molecule has 0 aliphatic carbocycles. The van der Waals surface area contributed by atoms with Crippen molar-refractivity contribution < 1.29 is 8.95 Å². The van der Waals surface area contributed by atoms with Crippen molar-refractivity contribution in [3.8, 4) is 0 Å². The minimum absolute atomic E-state index is 0.0792. The average molecular weight is 230 g/mol. The van der Waals surface area contributed by atoms with E-state index in [1.165, 1.54) is 6.42 Å². The number of hydrogen-bond acceptors (Lipinski definition) is 2. The zero-order valence-corrected chi connectivity index (χ0v) is 10.9. The lowest BCUT2D eigenvalue weighted by molar-refractivity contribution is 0.194. The largest absolute Gasteiger partial charge is 0.500 e. The number of rotatable bonds is 4. The Labute approximate surface area is 95.5 Å². The van der Waals surface area contributed by atoms with Crippen molar-refractivity contribution in [3.63, 3.8) is 0 Å². The summed E-state index contributed by atoms with van der Waals surface area (Å²) in [6.45, 7) is 6.75. The fraction of sp³-hybridized carbons (Fsp3) is 0.833.